The second kappa shape index (κ2) is 13.6. The number of carbonyl (C=O) groups is 1. The molecule has 1 aliphatic rings. The van der Waals surface area contributed by atoms with Crippen molar-refractivity contribution in [3.05, 3.63) is 76.9 Å². The minimum absolute atomic E-state index is 0.0400. The third-order valence-electron chi connectivity index (χ3n) is 7.68. The molecule has 0 saturated carbocycles. The number of halogens is 1. The van der Waals surface area contributed by atoms with Crippen molar-refractivity contribution in [2.75, 3.05) is 35.9 Å². The lowest BCUT2D eigenvalue weighted by atomic mass is 10.1. The van der Waals surface area contributed by atoms with Gasteiger partial charge in [0.05, 0.1) is 17.7 Å². The Bertz CT molecular complexity index is 1890. The average Bonchev–Trinajstić information content (AvgIpc) is 3.64. The lowest BCUT2D eigenvalue weighted by Gasteiger charge is -2.29. The van der Waals surface area contributed by atoms with Gasteiger partial charge in [-0.2, -0.15) is 5.10 Å². The highest BCUT2D eigenvalue weighted by atomic mass is 32.2. The Morgan fingerprint density at radius 2 is 1.98 bits per heavy atom. The van der Waals surface area contributed by atoms with Crippen LogP contribution in [0.4, 0.5) is 26.4 Å². The third kappa shape index (κ3) is 7.66. The first kappa shape index (κ1) is 33.7. The summed E-state index contributed by atoms with van der Waals surface area (Å²) in [4.78, 5) is 31.8. The van der Waals surface area contributed by atoms with E-state index in [1.54, 1.807) is 33.0 Å². The summed E-state index contributed by atoms with van der Waals surface area (Å²) in [6, 6.07) is 10.2. The van der Waals surface area contributed by atoms with Crippen LogP contribution in [0, 0.1) is 15.9 Å². The molecule has 47 heavy (non-hydrogen) atoms. The Kier molecular flexibility index (Phi) is 9.74. The number of rotatable bonds is 11. The van der Waals surface area contributed by atoms with Gasteiger partial charge >= 0.3 is 6.09 Å². The predicted octanol–water partition coefficient (Wildman–Crippen LogP) is 4.83. The number of carbonyl (C=O) groups excluding carboxylic acids is 1. The standard InChI is InChI=1S/C31H36FN7O7S/c1-31(2,3)46-30(41)37(15-12-22-7-6-14-36(22)17-18-40)28-13-16-38-29(34-28)24(20-33-38)23-19-21(10-11-25(23)32)35-47(44,45)27-9-5-4-8-26(27)39(42)43/h4-5,8-11,13,16,19-20,22,35,40H,6-7,12,14-15,17-18H2,1-3H3. The van der Waals surface area contributed by atoms with Crippen molar-refractivity contribution in [3.63, 3.8) is 0 Å². The summed E-state index contributed by atoms with van der Waals surface area (Å²) in [7, 11) is -4.42. The first-order valence-corrected chi connectivity index (χ1v) is 16.5. The van der Waals surface area contributed by atoms with E-state index in [4.69, 9.17) is 4.74 Å². The molecular weight excluding hydrogens is 633 g/mol. The number of hydrogen-bond donors (Lipinski definition) is 2. The van der Waals surface area contributed by atoms with E-state index in [1.807, 2.05) is 0 Å². The number of β-amino-alcohol motifs (C(OH)–C–C–N with tert-alkyl or cyclic N) is 1. The van der Waals surface area contributed by atoms with Gasteiger partial charge in [-0.15, -0.1) is 0 Å². The molecule has 3 heterocycles. The van der Waals surface area contributed by atoms with Gasteiger partial charge in [-0.05, 0) is 76.9 Å². The van der Waals surface area contributed by atoms with Gasteiger partial charge in [-0.25, -0.2) is 27.1 Å². The number of aromatic nitrogens is 3. The number of aliphatic hydroxyl groups excluding tert-OH is 1. The van der Waals surface area contributed by atoms with Crippen molar-refractivity contribution in [1.29, 1.82) is 0 Å². The van der Waals surface area contributed by atoms with E-state index in [0.29, 0.717) is 13.0 Å². The van der Waals surface area contributed by atoms with Crippen LogP contribution >= 0.6 is 0 Å². The van der Waals surface area contributed by atoms with E-state index in [-0.39, 0.29) is 47.5 Å². The fraction of sp³-hybridized carbons (Fsp3) is 0.387. The number of ether oxygens (including phenoxy) is 1. The molecule has 16 heteroatoms. The molecule has 4 aromatic rings. The fourth-order valence-electron chi connectivity index (χ4n) is 5.58. The molecule has 1 fully saturated rings. The smallest absolute Gasteiger partial charge is 0.416 e. The van der Waals surface area contributed by atoms with Gasteiger partial charge < -0.3 is 9.84 Å². The number of fused-ring (bicyclic) bond motifs is 1. The van der Waals surface area contributed by atoms with E-state index in [0.717, 1.165) is 37.6 Å². The van der Waals surface area contributed by atoms with E-state index in [9.17, 15) is 28.4 Å². The zero-order chi connectivity index (χ0) is 33.9. The van der Waals surface area contributed by atoms with Crippen LogP contribution < -0.4 is 9.62 Å². The lowest BCUT2D eigenvalue weighted by molar-refractivity contribution is -0.387. The molecule has 14 nitrogen and oxygen atoms in total. The van der Waals surface area contributed by atoms with Gasteiger partial charge in [0.25, 0.3) is 15.7 Å². The molecule has 5 rings (SSSR count). The number of aliphatic hydroxyl groups is 1. The molecule has 2 aromatic carbocycles. The number of likely N-dealkylation sites (tertiary alicyclic amines) is 1. The number of nitrogens with zero attached hydrogens (tertiary/aromatic N) is 6. The zero-order valence-corrected chi connectivity index (χ0v) is 27.0. The molecule has 2 aromatic heterocycles. The molecule has 1 aliphatic heterocycles. The molecule has 0 aliphatic carbocycles. The maximum atomic E-state index is 15.3. The third-order valence-corrected chi connectivity index (χ3v) is 9.11. The number of nitro benzene ring substituents is 1. The number of nitro groups is 1. The predicted molar refractivity (Wildman–Crippen MR) is 172 cm³/mol. The van der Waals surface area contributed by atoms with Crippen LogP contribution in [-0.2, 0) is 14.8 Å². The van der Waals surface area contributed by atoms with Crippen molar-refractivity contribution in [3.8, 4) is 11.1 Å². The number of anilines is 2. The molecule has 1 amide bonds. The van der Waals surface area contributed by atoms with Crippen LogP contribution in [0.25, 0.3) is 16.8 Å². The Hall–Kier alpha value is -4.67. The summed E-state index contributed by atoms with van der Waals surface area (Å²) in [6.07, 6.45) is 4.86. The normalized spacial score (nSPS) is 15.6. The van der Waals surface area contributed by atoms with Crippen LogP contribution in [0.5, 0.6) is 0 Å². The Morgan fingerprint density at radius 1 is 1.21 bits per heavy atom. The molecule has 0 radical (unpaired) electrons. The molecule has 2 N–H and O–H groups in total. The van der Waals surface area contributed by atoms with Gasteiger partial charge in [0, 0.05) is 48.2 Å². The van der Waals surface area contributed by atoms with Crippen LogP contribution in [0.1, 0.15) is 40.0 Å². The number of nitrogens with one attached hydrogen (secondary N) is 1. The highest BCUT2D eigenvalue weighted by molar-refractivity contribution is 7.92. The Morgan fingerprint density at radius 3 is 2.70 bits per heavy atom. The summed E-state index contributed by atoms with van der Waals surface area (Å²) < 4.78 is 50.9. The van der Waals surface area contributed by atoms with Gasteiger partial charge in [-0.1, -0.05) is 12.1 Å². The highest BCUT2D eigenvalue weighted by Crippen LogP contribution is 2.32. The summed E-state index contributed by atoms with van der Waals surface area (Å²) in [5.74, 6) is -0.455. The number of para-hydroxylation sites is 1. The fourth-order valence-corrected chi connectivity index (χ4v) is 6.80. The molecule has 0 spiro atoms. The van der Waals surface area contributed by atoms with Crippen LogP contribution in [0.15, 0.2) is 65.8 Å². The van der Waals surface area contributed by atoms with Crippen molar-refractivity contribution < 1.29 is 32.4 Å². The molecule has 1 unspecified atom stereocenters. The molecule has 1 saturated heterocycles. The molecule has 1 atom stereocenters. The van der Waals surface area contributed by atoms with Crippen molar-refractivity contribution in [1.82, 2.24) is 19.5 Å². The van der Waals surface area contributed by atoms with E-state index >= 15 is 4.39 Å². The minimum atomic E-state index is -4.42. The van der Waals surface area contributed by atoms with Crippen LogP contribution in [0.3, 0.4) is 0 Å². The van der Waals surface area contributed by atoms with Crippen molar-refractivity contribution in [2.24, 2.45) is 0 Å². The van der Waals surface area contributed by atoms with Gasteiger partial charge in [-0.3, -0.25) is 24.6 Å². The molecule has 250 valence electrons. The quantitative estimate of drug-likeness (QED) is 0.166. The van der Waals surface area contributed by atoms with Gasteiger partial charge in [0.15, 0.2) is 10.5 Å². The summed E-state index contributed by atoms with van der Waals surface area (Å²) in [5.41, 5.74) is -1.07. The molecule has 0 bridgehead atoms. The highest BCUT2D eigenvalue weighted by Gasteiger charge is 2.30. The topological polar surface area (TPSA) is 173 Å². The maximum absolute atomic E-state index is 15.3. The second-order valence-electron chi connectivity index (χ2n) is 12.1. The largest absolute Gasteiger partial charge is 0.443 e. The number of hydrogen-bond acceptors (Lipinski definition) is 10. The average molecular weight is 670 g/mol. The monoisotopic (exact) mass is 669 g/mol. The number of benzene rings is 2. The maximum Gasteiger partial charge on any atom is 0.416 e. The Labute approximate surface area is 271 Å². The van der Waals surface area contributed by atoms with E-state index in [2.05, 4.69) is 19.7 Å². The van der Waals surface area contributed by atoms with Crippen LogP contribution in [-0.4, -0.2) is 81.9 Å². The lowest BCUT2D eigenvalue weighted by Crippen LogP contribution is -2.41. The second-order valence-corrected chi connectivity index (χ2v) is 13.8. The first-order chi connectivity index (χ1) is 22.3. The summed E-state index contributed by atoms with van der Waals surface area (Å²) >= 11 is 0. The van der Waals surface area contributed by atoms with Crippen LogP contribution in [0.2, 0.25) is 0 Å². The Balaban J connectivity index is 1.48. The van der Waals surface area contributed by atoms with E-state index < -0.39 is 43.0 Å². The number of amides is 1. The SMILES string of the molecule is CC(C)(C)OC(=O)N(CCC1CCCN1CCO)c1ccn2ncc(-c3cc(NS(=O)(=O)c4ccccc4[N+](=O)[O-])ccc3F)c2n1. The van der Waals surface area contributed by atoms with E-state index in [1.165, 1.54) is 39.9 Å². The zero-order valence-electron chi connectivity index (χ0n) is 26.2. The van der Waals surface area contributed by atoms with Crippen molar-refractivity contribution in [2.45, 2.75) is 56.6 Å². The van der Waals surface area contributed by atoms with Gasteiger partial charge in [0.1, 0.15) is 17.2 Å². The van der Waals surface area contributed by atoms with Gasteiger partial charge in [0.2, 0.25) is 0 Å². The summed E-state index contributed by atoms with van der Waals surface area (Å²) in [5, 5.41) is 25.2. The summed E-state index contributed by atoms with van der Waals surface area (Å²) in [6.45, 7) is 7.00. The number of sulfonamides is 1. The minimum Gasteiger partial charge on any atom is -0.443 e. The first-order valence-electron chi connectivity index (χ1n) is 15.0. The molecular formula is C31H36FN7O7S. The van der Waals surface area contributed by atoms with Crippen molar-refractivity contribution >= 4 is 39.0 Å².